The van der Waals surface area contributed by atoms with Gasteiger partial charge in [0.25, 0.3) is 0 Å². The molecule has 128 valence electrons. The Balaban J connectivity index is 1.41. The van der Waals surface area contributed by atoms with Crippen LogP contribution in [0.25, 0.3) is 10.9 Å². The lowest BCUT2D eigenvalue weighted by Gasteiger charge is -2.39. The molecule has 24 heavy (non-hydrogen) atoms. The second kappa shape index (κ2) is 7.03. The van der Waals surface area contributed by atoms with E-state index < -0.39 is 0 Å². The molecular formula is C19H26N4O. The van der Waals surface area contributed by atoms with Crippen LogP contribution in [0.2, 0.25) is 0 Å². The van der Waals surface area contributed by atoms with E-state index in [0.717, 1.165) is 49.1 Å². The lowest BCUT2D eigenvalue weighted by Crippen LogP contribution is -2.46. The minimum Gasteiger partial charge on any atom is -0.379 e. The molecule has 5 heteroatoms. The minimum atomic E-state index is 0.515. The third-order valence-corrected chi connectivity index (χ3v) is 5.39. The predicted octanol–water partition coefficient (Wildman–Crippen LogP) is 2.99. The Morgan fingerprint density at radius 1 is 1.08 bits per heavy atom. The van der Waals surface area contributed by atoms with Crippen molar-refractivity contribution in [3.05, 3.63) is 30.1 Å². The number of nitrogens with zero attached hydrogens (tertiary/aromatic N) is 3. The molecule has 0 amide bonds. The minimum absolute atomic E-state index is 0.515. The van der Waals surface area contributed by atoms with E-state index in [1.165, 1.54) is 31.2 Å². The quantitative estimate of drug-likeness (QED) is 0.940. The van der Waals surface area contributed by atoms with Gasteiger partial charge in [-0.1, -0.05) is 11.6 Å². The number of nitrogens with one attached hydrogen (secondary N) is 1. The summed E-state index contributed by atoms with van der Waals surface area (Å²) in [5, 5.41) is 4.81. The number of fused-ring (bicyclic) bond motifs is 1. The summed E-state index contributed by atoms with van der Waals surface area (Å²) in [4.78, 5) is 11.5. The van der Waals surface area contributed by atoms with Crippen molar-refractivity contribution in [3.63, 3.8) is 0 Å². The fraction of sp³-hybridized carbons (Fsp3) is 0.579. The van der Waals surface area contributed by atoms with Gasteiger partial charge < -0.3 is 10.1 Å². The van der Waals surface area contributed by atoms with Crippen LogP contribution in [0.1, 0.15) is 31.2 Å². The molecule has 1 aromatic carbocycles. The number of benzene rings is 1. The first-order chi connectivity index (χ1) is 11.8. The van der Waals surface area contributed by atoms with Crippen molar-refractivity contribution in [3.8, 4) is 0 Å². The molecule has 1 saturated heterocycles. The average Bonchev–Trinajstić information content (AvgIpc) is 2.64. The third kappa shape index (κ3) is 3.37. The summed E-state index contributed by atoms with van der Waals surface area (Å²) in [6, 6.07) is 7.61. The van der Waals surface area contributed by atoms with Gasteiger partial charge in [0.15, 0.2) is 0 Å². The number of aryl methyl sites for hydroxylation is 1. The van der Waals surface area contributed by atoms with Gasteiger partial charge in [-0.2, -0.15) is 0 Å². The van der Waals surface area contributed by atoms with Crippen LogP contribution >= 0.6 is 0 Å². The van der Waals surface area contributed by atoms with Gasteiger partial charge in [-0.15, -0.1) is 0 Å². The van der Waals surface area contributed by atoms with E-state index in [-0.39, 0.29) is 0 Å². The molecule has 5 nitrogen and oxygen atoms in total. The molecule has 1 aromatic heterocycles. The summed E-state index contributed by atoms with van der Waals surface area (Å²) in [7, 11) is 0. The predicted molar refractivity (Wildman–Crippen MR) is 96.3 cm³/mol. The Hall–Kier alpha value is -1.72. The highest BCUT2D eigenvalue weighted by Gasteiger charge is 2.27. The first kappa shape index (κ1) is 15.8. The van der Waals surface area contributed by atoms with E-state index in [0.29, 0.717) is 6.04 Å². The summed E-state index contributed by atoms with van der Waals surface area (Å²) in [5.41, 5.74) is 2.26. The maximum Gasteiger partial charge on any atom is 0.137 e. The van der Waals surface area contributed by atoms with Gasteiger partial charge in [0, 0.05) is 30.6 Å². The maximum atomic E-state index is 5.47. The van der Waals surface area contributed by atoms with Gasteiger partial charge in [-0.25, -0.2) is 9.97 Å². The summed E-state index contributed by atoms with van der Waals surface area (Å²) in [6.07, 6.45) is 6.61. The molecule has 0 bridgehead atoms. The molecule has 1 aliphatic heterocycles. The molecule has 2 aliphatic rings. The van der Waals surface area contributed by atoms with Gasteiger partial charge in [-0.3, -0.25) is 4.90 Å². The molecule has 2 heterocycles. The SMILES string of the molecule is Cc1ccc2ncnc(N[C@H]3CC[C@H](N4CCOCC4)CC3)c2c1. The first-order valence-corrected chi connectivity index (χ1v) is 9.09. The maximum absolute atomic E-state index is 5.47. The summed E-state index contributed by atoms with van der Waals surface area (Å²) in [6.45, 7) is 6.09. The van der Waals surface area contributed by atoms with E-state index in [2.05, 4.69) is 45.3 Å². The number of hydrogen-bond donors (Lipinski definition) is 1. The van der Waals surface area contributed by atoms with E-state index in [1.807, 2.05) is 0 Å². The largest absolute Gasteiger partial charge is 0.379 e. The van der Waals surface area contributed by atoms with Crippen LogP contribution < -0.4 is 5.32 Å². The smallest absolute Gasteiger partial charge is 0.137 e. The van der Waals surface area contributed by atoms with Crippen molar-refractivity contribution in [1.82, 2.24) is 14.9 Å². The van der Waals surface area contributed by atoms with Crippen molar-refractivity contribution >= 4 is 16.7 Å². The van der Waals surface area contributed by atoms with E-state index in [9.17, 15) is 0 Å². The molecule has 2 fully saturated rings. The second-order valence-electron chi connectivity index (χ2n) is 7.04. The molecule has 1 saturated carbocycles. The highest BCUT2D eigenvalue weighted by molar-refractivity contribution is 5.89. The van der Waals surface area contributed by atoms with Crippen LogP contribution in [0.15, 0.2) is 24.5 Å². The topological polar surface area (TPSA) is 50.3 Å². The van der Waals surface area contributed by atoms with Crippen molar-refractivity contribution in [2.75, 3.05) is 31.6 Å². The third-order valence-electron chi connectivity index (χ3n) is 5.39. The van der Waals surface area contributed by atoms with Crippen LogP contribution in [0.5, 0.6) is 0 Å². The van der Waals surface area contributed by atoms with Crippen molar-refractivity contribution in [2.24, 2.45) is 0 Å². The fourth-order valence-corrected chi connectivity index (χ4v) is 4.01. The van der Waals surface area contributed by atoms with Gasteiger partial charge in [0.2, 0.25) is 0 Å². The van der Waals surface area contributed by atoms with Crippen molar-refractivity contribution in [1.29, 1.82) is 0 Å². The van der Waals surface area contributed by atoms with Gasteiger partial charge in [-0.05, 0) is 44.7 Å². The van der Waals surface area contributed by atoms with Gasteiger partial charge in [0.1, 0.15) is 12.1 Å². The van der Waals surface area contributed by atoms with Crippen LogP contribution in [0.3, 0.4) is 0 Å². The van der Waals surface area contributed by atoms with Crippen molar-refractivity contribution in [2.45, 2.75) is 44.7 Å². The normalized spacial score (nSPS) is 25.7. The van der Waals surface area contributed by atoms with Crippen LogP contribution in [0, 0.1) is 6.92 Å². The second-order valence-corrected chi connectivity index (χ2v) is 7.04. The molecule has 0 atom stereocenters. The van der Waals surface area contributed by atoms with Crippen LogP contribution in [-0.4, -0.2) is 53.3 Å². The molecule has 1 aliphatic carbocycles. The van der Waals surface area contributed by atoms with E-state index in [4.69, 9.17) is 4.74 Å². The Bertz CT molecular complexity index is 691. The number of aromatic nitrogens is 2. The zero-order chi connectivity index (χ0) is 16.4. The van der Waals surface area contributed by atoms with Crippen LogP contribution in [-0.2, 0) is 4.74 Å². The lowest BCUT2D eigenvalue weighted by atomic mass is 9.90. The Morgan fingerprint density at radius 2 is 1.88 bits per heavy atom. The van der Waals surface area contributed by atoms with E-state index in [1.54, 1.807) is 6.33 Å². The number of ether oxygens (including phenoxy) is 1. The lowest BCUT2D eigenvalue weighted by molar-refractivity contribution is 0.00791. The number of anilines is 1. The Morgan fingerprint density at radius 3 is 2.67 bits per heavy atom. The fourth-order valence-electron chi connectivity index (χ4n) is 4.01. The molecule has 0 unspecified atom stereocenters. The summed E-state index contributed by atoms with van der Waals surface area (Å²) >= 11 is 0. The molecule has 2 aromatic rings. The Labute approximate surface area is 143 Å². The van der Waals surface area contributed by atoms with Gasteiger partial charge in [0.05, 0.1) is 18.7 Å². The summed E-state index contributed by atoms with van der Waals surface area (Å²) in [5.74, 6) is 0.985. The number of hydrogen-bond acceptors (Lipinski definition) is 5. The zero-order valence-corrected chi connectivity index (χ0v) is 14.4. The zero-order valence-electron chi connectivity index (χ0n) is 14.4. The standard InChI is InChI=1S/C19H26N4O/c1-14-2-7-18-17(12-14)19(21-13-20-18)22-15-3-5-16(6-4-15)23-8-10-24-11-9-23/h2,7,12-13,15-16H,3-6,8-11H2,1H3,(H,20,21,22)/t15-,16-. The van der Waals surface area contributed by atoms with Crippen molar-refractivity contribution < 1.29 is 4.74 Å². The first-order valence-electron chi connectivity index (χ1n) is 9.09. The van der Waals surface area contributed by atoms with Gasteiger partial charge >= 0.3 is 0 Å². The summed E-state index contributed by atoms with van der Waals surface area (Å²) < 4.78 is 5.47. The average molecular weight is 326 g/mol. The van der Waals surface area contributed by atoms with E-state index >= 15 is 0 Å². The Kier molecular flexibility index (Phi) is 4.63. The number of rotatable bonds is 3. The van der Waals surface area contributed by atoms with Crippen LogP contribution in [0.4, 0.5) is 5.82 Å². The molecule has 0 radical (unpaired) electrons. The molecule has 4 rings (SSSR count). The molecule has 1 N–H and O–H groups in total. The highest BCUT2D eigenvalue weighted by atomic mass is 16.5. The molecular weight excluding hydrogens is 300 g/mol. The highest BCUT2D eigenvalue weighted by Crippen LogP contribution is 2.28. The number of morpholine rings is 1. The molecule has 0 spiro atoms. The monoisotopic (exact) mass is 326 g/mol.